The molecule has 0 radical (unpaired) electrons. The van der Waals surface area contributed by atoms with Crippen molar-refractivity contribution >= 4 is 11.5 Å². The Balaban J connectivity index is 1.53. The lowest BCUT2D eigenvalue weighted by Crippen LogP contribution is -2.37. The second-order valence-corrected chi connectivity index (χ2v) is 5.98. The number of imidazole rings is 1. The Hall–Kier alpha value is -2.14. The molecule has 122 valence electrons. The lowest BCUT2D eigenvalue weighted by Gasteiger charge is -2.16. The number of fused-ring (bicyclic) bond motifs is 1. The van der Waals surface area contributed by atoms with Crippen LogP contribution < -0.4 is 10.6 Å². The van der Waals surface area contributed by atoms with Crippen LogP contribution in [0.3, 0.4) is 0 Å². The zero-order chi connectivity index (χ0) is 16.1. The predicted octanol–water partition coefficient (Wildman–Crippen LogP) is 2.49. The fraction of sp³-hybridized carbons (Fsp3) is 0.444. The van der Waals surface area contributed by atoms with Crippen LogP contribution in [0.2, 0.25) is 0 Å². The molecule has 0 saturated carbocycles. The summed E-state index contributed by atoms with van der Waals surface area (Å²) in [7, 11) is 0. The zero-order valence-electron chi connectivity index (χ0n) is 13.6. The van der Waals surface area contributed by atoms with Gasteiger partial charge in [-0.25, -0.2) is 4.98 Å². The summed E-state index contributed by atoms with van der Waals surface area (Å²) >= 11 is 0. The highest BCUT2D eigenvalue weighted by Crippen LogP contribution is 2.23. The van der Waals surface area contributed by atoms with Gasteiger partial charge in [-0.2, -0.15) is 0 Å². The van der Waals surface area contributed by atoms with Crippen molar-refractivity contribution in [1.82, 2.24) is 14.9 Å². The van der Waals surface area contributed by atoms with Crippen LogP contribution in [0.4, 0.5) is 5.69 Å². The van der Waals surface area contributed by atoms with Crippen LogP contribution in [0.25, 0.3) is 0 Å². The number of aromatic nitrogens is 2. The number of benzene rings is 1. The van der Waals surface area contributed by atoms with E-state index >= 15 is 0 Å². The van der Waals surface area contributed by atoms with Gasteiger partial charge < -0.3 is 15.2 Å². The second kappa shape index (κ2) is 7.42. The first-order valence-electron chi connectivity index (χ1n) is 8.38. The Labute approximate surface area is 137 Å². The van der Waals surface area contributed by atoms with E-state index in [1.807, 2.05) is 30.7 Å². The van der Waals surface area contributed by atoms with Crippen molar-refractivity contribution in [3.63, 3.8) is 0 Å². The molecule has 5 nitrogen and oxygen atoms in total. The third kappa shape index (κ3) is 3.79. The fourth-order valence-corrected chi connectivity index (χ4v) is 3.04. The SMILES string of the molecule is CCC(NCCCn1ccnc1)C(=O)c1ccc2c(c1)CCN2. The maximum Gasteiger partial charge on any atom is 0.179 e. The van der Waals surface area contributed by atoms with Gasteiger partial charge in [-0.3, -0.25) is 4.79 Å². The fourth-order valence-electron chi connectivity index (χ4n) is 3.04. The number of carbonyl (C=O) groups is 1. The van der Waals surface area contributed by atoms with E-state index in [0.717, 1.165) is 44.5 Å². The van der Waals surface area contributed by atoms with Crippen LogP contribution in [0, 0.1) is 0 Å². The molecular weight excluding hydrogens is 288 g/mol. The van der Waals surface area contributed by atoms with E-state index in [0.29, 0.717) is 0 Å². The normalized spacial score (nSPS) is 14.3. The number of anilines is 1. The van der Waals surface area contributed by atoms with E-state index in [1.54, 1.807) is 6.20 Å². The molecule has 1 atom stereocenters. The number of hydrogen-bond acceptors (Lipinski definition) is 4. The topological polar surface area (TPSA) is 59.0 Å². The highest BCUT2D eigenvalue weighted by atomic mass is 16.1. The van der Waals surface area contributed by atoms with Gasteiger partial charge in [0, 0.05) is 36.7 Å². The number of carbonyl (C=O) groups excluding carboxylic acids is 1. The summed E-state index contributed by atoms with van der Waals surface area (Å²) in [5, 5.41) is 6.73. The first-order valence-corrected chi connectivity index (χ1v) is 8.38. The van der Waals surface area contributed by atoms with Crippen molar-refractivity contribution in [1.29, 1.82) is 0 Å². The Morgan fingerprint density at radius 3 is 3.17 bits per heavy atom. The van der Waals surface area contributed by atoms with Crippen LogP contribution in [-0.4, -0.2) is 34.5 Å². The van der Waals surface area contributed by atoms with E-state index in [9.17, 15) is 4.79 Å². The van der Waals surface area contributed by atoms with E-state index in [1.165, 1.54) is 11.3 Å². The number of hydrogen-bond donors (Lipinski definition) is 2. The minimum absolute atomic E-state index is 0.106. The van der Waals surface area contributed by atoms with Crippen molar-refractivity contribution < 1.29 is 4.79 Å². The number of aryl methyl sites for hydroxylation is 1. The molecule has 3 rings (SSSR count). The molecule has 0 aliphatic carbocycles. The quantitative estimate of drug-likeness (QED) is 0.581. The predicted molar refractivity (Wildman–Crippen MR) is 91.9 cm³/mol. The summed E-state index contributed by atoms with van der Waals surface area (Å²) < 4.78 is 2.05. The Morgan fingerprint density at radius 2 is 2.39 bits per heavy atom. The molecule has 1 aliphatic rings. The minimum atomic E-state index is -0.106. The van der Waals surface area contributed by atoms with Crippen molar-refractivity contribution in [3.05, 3.63) is 48.0 Å². The molecule has 2 N–H and O–H groups in total. The first-order chi connectivity index (χ1) is 11.3. The largest absolute Gasteiger partial charge is 0.384 e. The molecule has 0 bridgehead atoms. The van der Waals surface area contributed by atoms with Crippen LogP contribution in [0.15, 0.2) is 36.9 Å². The van der Waals surface area contributed by atoms with E-state index in [2.05, 4.69) is 27.1 Å². The molecule has 1 aliphatic heterocycles. The van der Waals surface area contributed by atoms with Gasteiger partial charge in [-0.1, -0.05) is 6.92 Å². The van der Waals surface area contributed by atoms with E-state index in [-0.39, 0.29) is 11.8 Å². The molecule has 0 fully saturated rings. The maximum absolute atomic E-state index is 12.7. The van der Waals surface area contributed by atoms with Gasteiger partial charge in [0.2, 0.25) is 0 Å². The van der Waals surface area contributed by atoms with Gasteiger partial charge in [0.1, 0.15) is 0 Å². The van der Waals surface area contributed by atoms with Gasteiger partial charge in [-0.05, 0) is 49.6 Å². The molecule has 23 heavy (non-hydrogen) atoms. The third-order valence-electron chi connectivity index (χ3n) is 4.37. The average Bonchev–Trinajstić information content (AvgIpc) is 3.25. The van der Waals surface area contributed by atoms with Crippen molar-refractivity contribution in [3.8, 4) is 0 Å². The Morgan fingerprint density at radius 1 is 1.48 bits per heavy atom. The smallest absolute Gasteiger partial charge is 0.179 e. The van der Waals surface area contributed by atoms with Crippen LogP contribution in [0.5, 0.6) is 0 Å². The standard InChI is InChI=1S/C18H24N4O/c1-2-16(20-7-3-10-22-11-9-19-13-22)18(23)15-4-5-17-14(12-15)6-8-21-17/h4-5,9,11-13,16,20-21H,2-3,6-8,10H2,1H3. The number of Topliss-reactive ketones (excluding diaryl/α,β-unsaturated/α-hetero) is 1. The van der Waals surface area contributed by atoms with Crippen LogP contribution in [0.1, 0.15) is 35.7 Å². The average molecular weight is 312 g/mol. The van der Waals surface area contributed by atoms with Crippen LogP contribution in [-0.2, 0) is 13.0 Å². The summed E-state index contributed by atoms with van der Waals surface area (Å²) in [4.78, 5) is 16.7. The summed E-state index contributed by atoms with van der Waals surface area (Å²) in [5.41, 5.74) is 3.25. The summed E-state index contributed by atoms with van der Waals surface area (Å²) in [6, 6.07) is 5.91. The molecule has 5 heteroatoms. The van der Waals surface area contributed by atoms with Gasteiger partial charge in [-0.15, -0.1) is 0 Å². The lowest BCUT2D eigenvalue weighted by molar-refractivity contribution is 0.0940. The third-order valence-corrected chi connectivity index (χ3v) is 4.37. The molecule has 1 aromatic heterocycles. The van der Waals surface area contributed by atoms with Crippen molar-refractivity contribution in [2.24, 2.45) is 0 Å². The molecule has 0 saturated heterocycles. The molecule has 2 aromatic rings. The first kappa shape index (κ1) is 15.7. The number of rotatable bonds is 8. The highest BCUT2D eigenvalue weighted by Gasteiger charge is 2.19. The highest BCUT2D eigenvalue weighted by molar-refractivity contribution is 6.00. The summed E-state index contributed by atoms with van der Waals surface area (Å²) in [5.74, 6) is 0.199. The number of nitrogens with zero attached hydrogens (tertiary/aromatic N) is 2. The van der Waals surface area contributed by atoms with Crippen molar-refractivity contribution in [2.75, 3.05) is 18.4 Å². The summed E-state index contributed by atoms with van der Waals surface area (Å²) in [6.45, 7) is 4.77. The molecule has 0 spiro atoms. The van der Waals surface area contributed by atoms with E-state index in [4.69, 9.17) is 0 Å². The molecule has 2 heterocycles. The number of nitrogens with one attached hydrogen (secondary N) is 2. The molecule has 0 amide bonds. The zero-order valence-corrected chi connectivity index (χ0v) is 13.6. The molecular formula is C18H24N4O. The van der Waals surface area contributed by atoms with Gasteiger partial charge in [0.15, 0.2) is 5.78 Å². The Bertz CT molecular complexity index is 651. The van der Waals surface area contributed by atoms with Crippen LogP contribution >= 0.6 is 0 Å². The Kier molecular flexibility index (Phi) is 5.08. The molecule has 1 aromatic carbocycles. The second-order valence-electron chi connectivity index (χ2n) is 5.98. The number of ketones is 1. The van der Waals surface area contributed by atoms with Gasteiger partial charge in [0.05, 0.1) is 12.4 Å². The van der Waals surface area contributed by atoms with Gasteiger partial charge >= 0.3 is 0 Å². The van der Waals surface area contributed by atoms with Crippen molar-refractivity contribution in [2.45, 2.75) is 38.8 Å². The lowest BCUT2D eigenvalue weighted by atomic mass is 9.99. The minimum Gasteiger partial charge on any atom is -0.384 e. The van der Waals surface area contributed by atoms with Gasteiger partial charge in [0.25, 0.3) is 0 Å². The monoisotopic (exact) mass is 312 g/mol. The van der Waals surface area contributed by atoms with E-state index < -0.39 is 0 Å². The maximum atomic E-state index is 12.7. The molecule has 1 unspecified atom stereocenters. The summed E-state index contributed by atoms with van der Waals surface area (Å²) in [6.07, 6.45) is 8.36.